The van der Waals surface area contributed by atoms with Gasteiger partial charge in [-0.1, -0.05) is 6.92 Å². The van der Waals surface area contributed by atoms with Crippen molar-refractivity contribution in [2.45, 2.75) is 39.2 Å². The number of hydrogen-bond acceptors (Lipinski definition) is 2. The summed E-state index contributed by atoms with van der Waals surface area (Å²) >= 11 is 3.10. The standard InChI is InChI=1S/C15H22BrF2NO/c1-3-8-19-11(7-9-20-4-2)10-12-14(17)6-5-13(16)15(12)18/h5-6,11,19H,3-4,7-10H2,1-2H3. The predicted molar refractivity (Wildman–Crippen MR) is 81.0 cm³/mol. The summed E-state index contributed by atoms with van der Waals surface area (Å²) in [4.78, 5) is 0. The number of ether oxygens (including phenoxy) is 1. The molecule has 1 atom stereocenters. The lowest BCUT2D eigenvalue weighted by molar-refractivity contribution is 0.136. The van der Waals surface area contributed by atoms with Crippen molar-refractivity contribution in [1.29, 1.82) is 0 Å². The molecule has 1 aromatic carbocycles. The van der Waals surface area contributed by atoms with Crippen LogP contribution in [0.5, 0.6) is 0 Å². The highest BCUT2D eigenvalue weighted by molar-refractivity contribution is 9.10. The van der Waals surface area contributed by atoms with E-state index in [0.717, 1.165) is 19.4 Å². The second-order valence-corrected chi connectivity index (χ2v) is 5.52. The van der Waals surface area contributed by atoms with Crippen molar-refractivity contribution in [3.05, 3.63) is 33.8 Å². The van der Waals surface area contributed by atoms with Gasteiger partial charge in [0.2, 0.25) is 0 Å². The van der Waals surface area contributed by atoms with Gasteiger partial charge in [-0.2, -0.15) is 0 Å². The van der Waals surface area contributed by atoms with Crippen LogP contribution in [-0.4, -0.2) is 25.8 Å². The Bertz CT molecular complexity index is 415. The monoisotopic (exact) mass is 349 g/mol. The minimum absolute atomic E-state index is 0.0137. The topological polar surface area (TPSA) is 21.3 Å². The fourth-order valence-electron chi connectivity index (χ4n) is 2.00. The van der Waals surface area contributed by atoms with Crippen LogP contribution in [0.15, 0.2) is 16.6 Å². The van der Waals surface area contributed by atoms with Gasteiger partial charge >= 0.3 is 0 Å². The zero-order valence-electron chi connectivity index (χ0n) is 12.0. The second kappa shape index (κ2) is 9.42. The molecule has 2 nitrogen and oxygen atoms in total. The molecule has 0 aliphatic rings. The number of halogens is 3. The molecule has 5 heteroatoms. The Morgan fingerprint density at radius 3 is 2.70 bits per heavy atom. The van der Waals surface area contributed by atoms with Crippen LogP contribution in [0.25, 0.3) is 0 Å². The fraction of sp³-hybridized carbons (Fsp3) is 0.600. The lowest BCUT2D eigenvalue weighted by Gasteiger charge is -2.19. The summed E-state index contributed by atoms with van der Waals surface area (Å²) in [6, 6.07) is 2.70. The maximum Gasteiger partial charge on any atom is 0.143 e. The summed E-state index contributed by atoms with van der Waals surface area (Å²) in [6.45, 7) is 6.07. The van der Waals surface area contributed by atoms with E-state index in [1.165, 1.54) is 12.1 Å². The fourth-order valence-corrected chi connectivity index (χ4v) is 2.37. The minimum Gasteiger partial charge on any atom is -0.382 e. The van der Waals surface area contributed by atoms with Crippen molar-refractivity contribution in [2.75, 3.05) is 19.8 Å². The first kappa shape index (κ1) is 17.5. The normalized spacial score (nSPS) is 12.7. The number of benzene rings is 1. The van der Waals surface area contributed by atoms with E-state index in [2.05, 4.69) is 28.2 Å². The summed E-state index contributed by atoms with van der Waals surface area (Å²) in [6.07, 6.45) is 2.04. The first-order valence-corrected chi connectivity index (χ1v) is 7.82. The molecule has 20 heavy (non-hydrogen) atoms. The Hall–Kier alpha value is -0.520. The van der Waals surface area contributed by atoms with Crippen LogP contribution in [0.3, 0.4) is 0 Å². The molecule has 0 aromatic heterocycles. The maximum atomic E-state index is 14.0. The number of nitrogens with one attached hydrogen (secondary N) is 1. The Labute approximate surface area is 128 Å². The van der Waals surface area contributed by atoms with E-state index in [4.69, 9.17) is 4.74 Å². The van der Waals surface area contributed by atoms with Gasteiger partial charge in [-0.05, 0) is 60.8 Å². The number of rotatable bonds is 9. The lowest BCUT2D eigenvalue weighted by atomic mass is 10.0. The molecule has 0 saturated carbocycles. The molecule has 0 aliphatic heterocycles. The van der Waals surface area contributed by atoms with Gasteiger partial charge in [0.1, 0.15) is 11.6 Å². The smallest absolute Gasteiger partial charge is 0.143 e. The molecule has 0 spiro atoms. The molecule has 1 unspecified atom stereocenters. The van der Waals surface area contributed by atoms with Gasteiger partial charge in [0, 0.05) is 24.8 Å². The predicted octanol–water partition coefficient (Wildman–Crippen LogP) is 4.06. The molecule has 0 fully saturated rings. The summed E-state index contributed by atoms with van der Waals surface area (Å²) in [5, 5.41) is 3.32. The Balaban J connectivity index is 2.74. The molecular formula is C15H22BrF2NO. The molecule has 114 valence electrons. The van der Waals surface area contributed by atoms with E-state index in [9.17, 15) is 8.78 Å². The summed E-state index contributed by atoms with van der Waals surface area (Å²) in [7, 11) is 0. The molecule has 0 bridgehead atoms. The van der Waals surface area contributed by atoms with Crippen LogP contribution in [0, 0.1) is 11.6 Å². The Kier molecular flexibility index (Phi) is 8.26. The van der Waals surface area contributed by atoms with Gasteiger partial charge in [0.15, 0.2) is 0 Å². The quantitative estimate of drug-likeness (QED) is 0.536. The molecule has 1 rings (SSSR count). The van der Waals surface area contributed by atoms with Crippen LogP contribution in [0.1, 0.15) is 32.3 Å². The molecule has 1 aromatic rings. The van der Waals surface area contributed by atoms with Gasteiger partial charge < -0.3 is 10.1 Å². The third-order valence-electron chi connectivity index (χ3n) is 3.09. The molecule has 0 aliphatic carbocycles. The van der Waals surface area contributed by atoms with E-state index < -0.39 is 11.6 Å². The SMILES string of the molecule is CCCNC(CCOCC)Cc1c(F)ccc(Br)c1F. The average Bonchev–Trinajstić information content (AvgIpc) is 2.44. The molecule has 1 N–H and O–H groups in total. The Morgan fingerprint density at radius 1 is 1.30 bits per heavy atom. The highest BCUT2D eigenvalue weighted by Crippen LogP contribution is 2.23. The maximum absolute atomic E-state index is 14.0. The van der Waals surface area contributed by atoms with E-state index in [-0.39, 0.29) is 11.6 Å². The summed E-state index contributed by atoms with van der Waals surface area (Å²) in [5.41, 5.74) is 0.129. The largest absolute Gasteiger partial charge is 0.382 e. The summed E-state index contributed by atoms with van der Waals surface area (Å²) < 4.78 is 33.4. The molecule has 0 amide bonds. The van der Waals surface area contributed by atoms with Gasteiger partial charge in [-0.3, -0.25) is 0 Å². The van der Waals surface area contributed by atoms with Crippen LogP contribution in [-0.2, 0) is 11.2 Å². The first-order valence-electron chi connectivity index (χ1n) is 7.03. The second-order valence-electron chi connectivity index (χ2n) is 4.66. The minimum atomic E-state index is -0.510. The highest BCUT2D eigenvalue weighted by Gasteiger charge is 2.17. The van der Waals surface area contributed by atoms with E-state index >= 15 is 0 Å². The van der Waals surface area contributed by atoms with E-state index in [0.29, 0.717) is 24.1 Å². The third kappa shape index (κ3) is 5.46. The molecule has 0 heterocycles. The average molecular weight is 350 g/mol. The van der Waals surface area contributed by atoms with Crippen LogP contribution in [0.2, 0.25) is 0 Å². The Morgan fingerprint density at radius 2 is 2.05 bits per heavy atom. The lowest BCUT2D eigenvalue weighted by Crippen LogP contribution is -2.33. The van der Waals surface area contributed by atoms with Gasteiger partial charge in [-0.15, -0.1) is 0 Å². The van der Waals surface area contributed by atoms with Crippen molar-refractivity contribution in [1.82, 2.24) is 5.32 Å². The summed E-state index contributed by atoms with van der Waals surface area (Å²) in [5.74, 6) is -1.00. The van der Waals surface area contributed by atoms with Crippen LogP contribution < -0.4 is 5.32 Å². The number of hydrogen-bond donors (Lipinski definition) is 1. The first-order chi connectivity index (χ1) is 9.60. The van der Waals surface area contributed by atoms with Crippen LogP contribution >= 0.6 is 15.9 Å². The zero-order chi connectivity index (χ0) is 15.0. The van der Waals surface area contributed by atoms with Crippen molar-refractivity contribution in [2.24, 2.45) is 0 Å². The van der Waals surface area contributed by atoms with Gasteiger partial charge in [0.25, 0.3) is 0 Å². The highest BCUT2D eigenvalue weighted by atomic mass is 79.9. The van der Waals surface area contributed by atoms with Crippen molar-refractivity contribution < 1.29 is 13.5 Å². The molecular weight excluding hydrogens is 328 g/mol. The van der Waals surface area contributed by atoms with Crippen LogP contribution in [0.4, 0.5) is 8.78 Å². The van der Waals surface area contributed by atoms with Crippen molar-refractivity contribution >= 4 is 15.9 Å². The zero-order valence-corrected chi connectivity index (χ0v) is 13.6. The molecule has 0 saturated heterocycles. The third-order valence-corrected chi connectivity index (χ3v) is 3.70. The van der Waals surface area contributed by atoms with E-state index in [1.807, 2.05) is 6.92 Å². The van der Waals surface area contributed by atoms with Crippen molar-refractivity contribution in [3.8, 4) is 0 Å². The van der Waals surface area contributed by atoms with E-state index in [1.54, 1.807) is 0 Å². The van der Waals surface area contributed by atoms with Gasteiger partial charge in [-0.25, -0.2) is 8.78 Å². The molecule has 0 radical (unpaired) electrons. The van der Waals surface area contributed by atoms with Crippen molar-refractivity contribution in [3.63, 3.8) is 0 Å². The van der Waals surface area contributed by atoms with Gasteiger partial charge in [0.05, 0.1) is 4.47 Å².